The van der Waals surface area contributed by atoms with Crippen LogP contribution in [0.4, 0.5) is 32.3 Å². The van der Waals surface area contributed by atoms with Gasteiger partial charge in [0.25, 0.3) is 0 Å². The van der Waals surface area contributed by atoms with Crippen LogP contribution in [0.2, 0.25) is 0 Å². The second-order valence-electron chi connectivity index (χ2n) is 11.4. The van der Waals surface area contributed by atoms with Gasteiger partial charge in [-0.3, -0.25) is 9.59 Å². The SMILES string of the molecule is C=C(C)C(=O)NCc1ccc(NC(=O)Nc2ccc3c(c2)Cc2cc(NC(=O)Nc4ccc(CNC(=O)C(=C)C)cc4)ccc2-3)cc1. The van der Waals surface area contributed by atoms with Crippen molar-refractivity contribution in [1.82, 2.24) is 10.6 Å². The Morgan fingerprint density at radius 2 is 0.872 bits per heavy atom. The Morgan fingerprint density at radius 1 is 0.532 bits per heavy atom. The third-order valence-corrected chi connectivity index (χ3v) is 7.50. The Hall–Kier alpha value is -6.16. The Morgan fingerprint density at radius 3 is 1.23 bits per heavy atom. The van der Waals surface area contributed by atoms with Crippen LogP contribution in [0.15, 0.2) is 109 Å². The number of amides is 6. The van der Waals surface area contributed by atoms with Crippen molar-refractivity contribution in [1.29, 1.82) is 0 Å². The number of carbonyl (C=O) groups is 4. The highest BCUT2D eigenvalue weighted by Gasteiger charge is 2.20. The molecule has 0 bridgehead atoms. The Bertz CT molecular complexity index is 1740. The second-order valence-corrected chi connectivity index (χ2v) is 11.4. The molecule has 0 aliphatic heterocycles. The van der Waals surface area contributed by atoms with Gasteiger partial charge in [-0.2, -0.15) is 0 Å². The summed E-state index contributed by atoms with van der Waals surface area (Å²) in [6.45, 7) is 11.3. The molecular weight excluding hydrogens is 592 g/mol. The van der Waals surface area contributed by atoms with Crippen LogP contribution < -0.4 is 31.9 Å². The van der Waals surface area contributed by atoms with Crippen LogP contribution >= 0.6 is 0 Å². The lowest BCUT2D eigenvalue weighted by molar-refractivity contribution is -0.118. The summed E-state index contributed by atoms with van der Waals surface area (Å²) in [5, 5.41) is 17.0. The first-order valence-electron chi connectivity index (χ1n) is 15.0. The molecule has 0 aromatic heterocycles. The molecule has 0 unspecified atom stereocenters. The number of anilines is 4. The molecule has 0 spiro atoms. The zero-order valence-electron chi connectivity index (χ0n) is 26.3. The van der Waals surface area contributed by atoms with E-state index in [-0.39, 0.29) is 23.9 Å². The van der Waals surface area contributed by atoms with E-state index in [1.54, 1.807) is 38.1 Å². The predicted molar refractivity (Wildman–Crippen MR) is 186 cm³/mol. The van der Waals surface area contributed by atoms with Gasteiger partial charge in [0, 0.05) is 47.0 Å². The lowest BCUT2D eigenvalue weighted by Crippen LogP contribution is -2.23. The first kappa shape index (κ1) is 32.2. The van der Waals surface area contributed by atoms with E-state index < -0.39 is 0 Å². The van der Waals surface area contributed by atoms with Crippen molar-refractivity contribution >= 4 is 46.6 Å². The fraction of sp³-hybridized carbons (Fsp3) is 0.135. The zero-order chi connectivity index (χ0) is 33.5. The van der Waals surface area contributed by atoms with Gasteiger partial charge in [0.2, 0.25) is 11.8 Å². The van der Waals surface area contributed by atoms with Crippen molar-refractivity contribution in [3.8, 4) is 11.1 Å². The van der Waals surface area contributed by atoms with E-state index in [1.165, 1.54) is 0 Å². The summed E-state index contributed by atoms with van der Waals surface area (Å²) in [5.74, 6) is -0.403. The number of hydrogen-bond acceptors (Lipinski definition) is 4. The second kappa shape index (κ2) is 14.3. The lowest BCUT2D eigenvalue weighted by Gasteiger charge is -2.11. The van der Waals surface area contributed by atoms with Gasteiger partial charge in [-0.15, -0.1) is 0 Å². The molecule has 0 atom stereocenters. The first-order valence-corrected chi connectivity index (χ1v) is 15.0. The van der Waals surface area contributed by atoms with Gasteiger partial charge in [-0.1, -0.05) is 49.6 Å². The third-order valence-electron chi connectivity index (χ3n) is 7.50. The van der Waals surface area contributed by atoms with Gasteiger partial charge in [-0.05, 0) is 102 Å². The molecular formula is C37H36N6O4. The summed E-state index contributed by atoms with van der Waals surface area (Å²) in [7, 11) is 0. The summed E-state index contributed by atoms with van der Waals surface area (Å²) >= 11 is 0. The average molecular weight is 629 g/mol. The van der Waals surface area contributed by atoms with E-state index in [2.05, 4.69) is 45.1 Å². The standard InChI is InChI=1S/C37H36N6O4/c1-22(2)34(44)38-20-24-5-9-28(10-6-24)40-36(46)42-30-13-15-32-26(18-30)17-27-19-31(14-16-33(27)32)43-37(47)41-29-11-7-25(8-12-29)21-39-35(45)23(3)4/h5-16,18-19H,1,3,17,20-21H2,2,4H3,(H,38,44)(H,39,45)(H2,40,42,46)(H2,41,43,47). The molecule has 6 amide bonds. The summed E-state index contributed by atoms with van der Waals surface area (Å²) in [4.78, 5) is 48.8. The molecule has 47 heavy (non-hydrogen) atoms. The van der Waals surface area contributed by atoms with Crippen LogP contribution in [0.25, 0.3) is 11.1 Å². The Labute approximate surface area is 273 Å². The highest BCUT2D eigenvalue weighted by atomic mass is 16.2. The molecule has 10 nitrogen and oxygen atoms in total. The first-order chi connectivity index (χ1) is 22.5. The molecule has 4 aromatic carbocycles. The number of rotatable bonds is 10. The number of hydrogen-bond donors (Lipinski definition) is 6. The normalized spacial score (nSPS) is 10.9. The number of urea groups is 2. The minimum Gasteiger partial charge on any atom is -0.348 e. The minimum atomic E-state index is -0.370. The van der Waals surface area contributed by atoms with E-state index in [9.17, 15) is 19.2 Å². The quantitative estimate of drug-likeness (QED) is 0.0933. The number of carbonyl (C=O) groups excluding carboxylic acids is 4. The molecule has 0 saturated carbocycles. The van der Waals surface area contributed by atoms with Crippen molar-refractivity contribution < 1.29 is 19.2 Å². The molecule has 1 aliphatic rings. The molecule has 5 rings (SSSR count). The van der Waals surface area contributed by atoms with E-state index in [1.807, 2.05) is 60.7 Å². The summed E-state index contributed by atoms with van der Waals surface area (Å²) < 4.78 is 0. The number of fused-ring (bicyclic) bond motifs is 3. The molecule has 10 heteroatoms. The fourth-order valence-corrected chi connectivity index (χ4v) is 5.03. The van der Waals surface area contributed by atoms with Crippen LogP contribution in [0.3, 0.4) is 0 Å². The molecule has 0 saturated heterocycles. The number of benzene rings is 4. The van der Waals surface area contributed by atoms with E-state index in [0.29, 0.717) is 53.4 Å². The van der Waals surface area contributed by atoms with Crippen molar-refractivity contribution in [2.24, 2.45) is 0 Å². The van der Waals surface area contributed by atoms with Crippen LogP contribution in [0.5, 0.6) is 0 Å². The van der Waals surface area contributed by atoms with Crippen LogP contribution in [0.1, 0.15) is 36.1 Å². The van der Waals surface area contributed by atoms with E-state index in [0.717, 1.165) is 33.4 Å². The van der Waals surface area contributed by atoms with E-state index >= 15 is 0 Å². The smallest absolute Gasteiger partial charge is 0.323 e. The zero-order valence-corrected chi connectivity index (χ0v) is 26.3. The summed E-state index contributed by atoms with van der Waals surface area (Å²) in [6, 6.07) is 25.3. The van der Waals surface area contributed by atoms with Crippen molar-refractivity contribution in [2.45, 2.75) is 33.4 Å². The minimum absolute atomic E-state index is 0.201. The predicted octanol–water partition coefficient (Wildman–Crippen LogP) is 6.93. The van der Waals surface area contributed by atoms with Crippen LogP contribution in [-0.2, 0) is 29.1 Å². The van der Waals surface area contributed by atoms with Gasteiger partial charge in [0.05, 0.1) is 0 Å². The van der Waals surface area contributed by atoms with Crippen molar-refractivity contribution in [3.05, 3.63) is 131 Å². The van der Waals surface area contributed by atoms with Crippen molar-refractivity contribution in [2.75, 3.05) is 21.3 Å². The Kier molecular flexibility index (Phi) is 9.81. The molecule has 6 N–H and O–H groups in total. The third kappa shape index (κ3) is 8.52. The molecule has 0 heterocycles. The molecule has 1 aliphatic carbocycles. The summed E-state index contributed by atoms with van der Waals surface area (Å²) in [6.07, 6.45) is 0.658. The van der Waals surface area contributed by atoms with Gasteiger partial charge >= 0.3 is 12.1 Å². The maximum atomic E-state index is 12.7. The van der Waals surface area contributed by atoms with Crippen molar-refractivity contribution in [3.63, 3.8) is 0 Å². The topological polar surface area (TPSA) is 140 Å². The molecule has 0 radical (unpaired) electrons. The molecule has 0 fully saturated rings. The highest BCUT2D eigenvalue weighted by molar-refractivity contribution is 6.01. The van der Waals surface area contributed by atoms with Gasteiger partial charge in [0.1, 0.15) is 0 Å². The Balaban J connectivity index is 1.12. The van der Waals surface area contributed by atoms with Gasteiger partial charge < -0.3 is 31.9 Å². The van der Waals surface area contributed by atoms with Gasteiger partial charge in [-0.25, -0.2) is 9.59 Å². The number of nitrogens with one attached hydrogen (secondary N) is 6. The largest absolute Gasteiger partial charge is 0.348 e. The van der Waals surface area contributed by atoms with Crippen LogP contribution in [-0.4, -0.2) is 23.9 Å². The molecule has 238 valence electrons. The van der Waals surface area contributed by atoms with E-state index in [4.69, 9.17) is 0 Å². The lowest BCUT2D eigenvalue weighted by atomic mass is 10.1. The highest BCUT2D eigenvalue weighted by Crippen LogP contribution is 2.39. The maximum absolute atomic E-state index is 12.7. The van der Waals surface area contributed by atoms with Gasteiger partial charge in [0.15, 0.2) is 0 Å². The fourth-order valence-electron chi connectivity index (χ4n) is 5.03. The average Bonchev–Trinajstić information content (AvgIpc) is 3.40. The monoisotopic (exact) mass is 628 g/mol. The molecule has 4 aromatic rings. The maximum Gasteiger partial charge on any atom is 0.323 e. The summed E-state index contributed by atoms with van der Waals surface area (Å²) in [5.41, 5.74) is 9.56. The van der Waals surface area contributed by atoms with Crippen LogP contribution in [0, 0.1) is 0 Å².